The first-order valence-electron chi connectivity index (χ1n) is 2.96. The topological polar surface area (TPSA) is 36.7 Å². The monoisotopic (exact) mass is 132 g/mol. The molecule has 0 spiro atoms. The minimum Gasteiger partial charge on any atom is -0.308 e. The van der Waals surface area contributed by atoms with Crippen molar-refractivity contribution in [1.82, 2.24) is 4.98 Å². The minimum atomic E-state index is 0.762. The van der Waals surface area contributed by atoms with Crippen molar-refractivity contribution in [2.24, 2.45) is 0 Å². The lowest BCUT2D eigenvalue weighted by Crippen LogP contribution is -1.87. The van der Waals surface area contributed by atoms with Gasteiger partial charge >= 0.3 is 0 Å². The molecule has 0 aliphatic carbocycles. The van der Waals surface area contributed by atoms with Crippen LogP contribution in [0.3, 0.4) is 0 Å². The molecule has 0 saturated heterocycles. The van der Waals surface area contributed by atoms with Crippen LogP contribution in [0.4, 0.5) is 0 Å². The molecule has 2 heteroatoms. The molecule has 0 atom stereocenters. The summed E-state index contributed by atoms with van der Waals surface area (Å²) in [5.41, 5.74) is 1.56. The molecule has 1 heterocycles. The summed E-state index contributed by atoms with van der Waals surface area (Å²) in [6, 6.07) is 3.63. The SMILES string of the molecule is C=Cc1ncccc1C=N. The summed E-state index contributed by atoms with van der Waals surface area (Å²) in [7, 11) is 0. The molecule has 0 aliphatic rings. The smallest absolute Gasteiger partial charge is 0.0711 e. The molecule has 0 fully saturated rings. The molecule has 1 N–H and O–H groups in total. The van der Waals surface area contributed by atoms with Crippen molar-refractivity contribution >= 4 is 12.3 Å². The van der Waals surface area contributed by atoms with Gasteiger partial charge in [-0.1, -0.05) is 6.58 Å². The predicted molar refractivity (Wildman–Crippen MR) is 42.2 cm³/mol. The van der Waals surface area contributed by atoms with Gasteiger partial charge in [0, 0.05) is 18.0 Å². The standard InChI is InChI=1S/C8H8N2/c1-2-8-7(6-9)4-3-5-10-8/h2-6,9H,1H2. The van der Waals surface area contributed by atoms with Crippen LogP contribution >= 0.6 is 0 Å². The molecule has 1 aromatic heterocycles. The zero-order chi connectivity index (χ0) is 7.40. The summed E-state index contributed by atoms with van der Waals surface area (Å²) in [4.78, 5) is 4.00. The highest BCUT2D eigenvalue weighted by Crippen LogP contribution is 2.01. The third kappa shape index (κ3) is 1.10. The molecule has 2 nitrogen and oxygen atoms in total. The zero-order valence-corrected chi connectivity index (χ0v) is 5.54. The molecule has 0 saturated carbocycles. The van der Waals surface area contributed by atoms with Crippen LogP contribution in [0.5, 0.6) is 0 Å². The molecular formula is C8H8N2. The summed E-state index contributed by atoms with van der Waals surface area (Å²) in [6.45, 7) is 3.57. The van der Waals surface area contributed by atoms with Crippen LogP contribution in [0.25, 0.3) is 6.08 Å². The Kier molecular flexibility index (Phi) is 1.95. The molecule has 0 unspecified atom stereocenters. The van der Waals surface area contributed by atoms with E-state index in [1.54, 1.807) is 18.3 Å². The average Bonchev–Trinajstić information content (AvgIpc) is 2.04. The van der Waals surface area contributed by atoms with Gasteiger partial charge in [-0.15, -0.1) is 0 Å². The van der Waals surface area contributed by atoms with E-state index in [0.29, 0.717) is 0 Å². The molecule has 0 bridgehead atoms. The quantitative estimate of drug-likeness (QED) is 0.611. The van der Waals surface area contributed by atoms with Crippen molar-refractivity contribution in [3.05, 3.63) is 36.2 Å². The van der Waals surface area contributed by atoms with Gasteiger partial charge in [-0.05, 0) is 18.2 Å². The number of rotatable bonds is 2. The Morgan fingerprint density at radius 2 is 2.40 bits per heavy atom. The Bertz CT molecular complexity index is 226. The van der Waals surface area contributed by atoms with Gasteiger partial charge in [0.15, 0.2) is 0 Å². The molecule has 0 aromatic carbocycles. The van der Waals surface area contributed by atoms with Crippen LogP contribution < -0.4 is 0 Å². The zero-order valence-electron chi connectivity index (χ0n) is 5.54. The van der Waals surface area contributed by atoms with E-state index in [0.717, 1.165) is 11.3 Å². The van der Waals surface area contributed by atoms with E-state index in [9.17, 15) is 0 Å². The second-order valence-electron chi connectivity index (χ2n) is 1.83. The van der Waals surface area contributed by atoms with E-state index in [1.165, 1.54) is 6.21 Å². The van der Waals surface area contributed by atoms with Gasteiger partial charge in [-0.25, -0.2) is 0 Å². The third-order valence-corrected chi connectivity index (χ3v) is 1.22. The predicted octanol–water partition coefficient (Wildman–Crippen LogP) is 1.72. The molecule has 0 amide bonds. The van der Waals surface area contributed by atoms with Crippen molar-refractivity contribution in [2.75, 3.05) is 0 Å². The lowest BCUT2D eigenvalue weighted by molar-refractivity contribution is 1.28. The summed E-state index contributed by atoms with van der Waals surface area (Å²) in [6.07, 6.45) is 4.59. The summed E-state index contributed by atoms with van der Waals surface area (Å²) in [5.74, 6) is 0. The fourth-order valence-electron chi connectivity index (χ4n) is 0.723. The molecule has 0 radical (unpaired) electrons. The van der Waals surface area contributed by atoms with Crippen LogP contribution in [0.1, 0.15) is 11.3 Å². The van der Waals surface area contributed by atoms with Gasteiger partial charge in [0.1, 0.15) is 0 Å². The maximum absolute atomic E-state index is 6.98. The summed E-state index contributed by atoms with van der Waals surface area (Å²) < 4.78 is 0. The molecule has 0 aliphatic heterocycles. The average molecular weight is 132 g/mol. The molecule has 1 rings (SSSR count). The molecule has 10 heavy (non-hydrogen) atoms. The Hall–Kier alpha value is -1.44. The molecule has 50 valence electrons. The van der Waals surface area contributed by atoms with Crippen molar-refractivity contribution < 1.29 is 0 Å². The van der Waals surface area contributed by atoms with Crippen LogP contribution in [-0.4, -0.2) is 11.2 Å². The highest BCUT2D eigenvalue weighted by Gasteiger charge is 1.92. The van der Waals surface area contributed by atoms with Crippen molar-refractivity contribution in [3.63, 3.8) is 0 Å². The minimum absolute atomic E-state index is 0.762. The van der Waals surface area contributed by atoms with Gasteiger partial charge in [0.25, 0.3) is 0 Å². The first-order chi connectivity index (χ1) is 4.88. The lowest BCUT2D eigenvalue weighted by atomic mass is 10.2. The maximum Gasteiger partial charge on any atom is 0.0711 e. The van der Waals surface area contributed by atoms with Gasteiger partial charge < -0.3 is 5.41 Å². The number of nitrogens with one attached hydrogen (secondary N) is 1. The second-order valence-corrected chi connectivity index (χ2v) is 1.83. The van der Waals surface area contributed by atoms with Crippen molar-refractivity contribution in [2.45, 2.75) is 0 Å². The van der Waals surface area contributed by atoms with E-state index in [2.05, 4.69) is 11.6 Å². The number of hydrogen-bond donors (Lipinski definition) is 1. The molecule has 1 aromatic rings. The summed E-state index contributed by atoms with van der Waals surface area (Å²) >= 11 is 0. The number of pyridine rings is 1. The van der Waals surface area contributed by atoms with Crippen LogP contribution in [0.15, 0.2) is 24.9 Å². The highest BCUT2D eigenvalue weighted by molar-refractivity contribution is 5.81. The summed E-state index contributed by atoms with van der Waals surface area (Å²) in [5, 5.41) is 6.98. The van der Waals surface area contributed by atoms with E-state index < -0.39 is 0 Å². The maximum atomic E-state index is 6.98. The van der Waals surface area contributed by atoms with Gasteiger partial charge in [0.05, 0.1) is 5.69 Å². The van der Waals surface area contributed by atoms with E-state index in [1.807, 2.05) is 6.07 Å². The Morgan fingerprint density at radius 3 is 2.90 bits per heavy atom. The Morgan fingerprint density at radius 1 is 1.60 bits per heavy atom. The van der Waals surface area contributed by atoms with Gasteiger partial charge in [-0.2, -0.15) is 0 Å². The Balaban J connectivity index is 3.20. The second kappa shape index (κ2) is 2.92. The highest BCUT2D eigenvalue weighted by atomic mass is 14.7. The third-order valence-electron chi connectivity index (χ3n) is 1.22. The first-order valence-corrected chi connectivity index (χ1v) is 2.96. The van der Waals surface area contributed by atoms with Gasteiger partial charge in [-0.3, -0.25) is 4.98 Å². The van der Waals surface area contributed by atoms with Gasteiger partial charge in [0.2, 0.25) is 0 Å². The number of hydrogen-bond acceptors (Lipinski definition) is 2. The van der Waals surface area contributed by atoms with Crippen LogP contribution in [-0.2, 0) is 0 Å². The van der Waals surface area contributed by atoms with E-state index in [-0.39, 0.29) is 0 Å². The van der Waals surface area contributed by atoms with Crippen LogP contribution in [0, 0.1) is 5.41 Å². The Labute approximate surface area is 59.7 Å². The molecular weight excluding hydrogens is 124 g/mol. The number of nitrogens with zero attached hydrogens (tertiary/aromatic N) is 1. The first kappa shape index (κ1) is 6.68. The van der Waals surface area contributed by atoms with Crippen molar-refractivity contribution in [3.8, 4) is 0 Å². The van der Waals surface area contributed by atoms with Crippen LogP contribution in [0.2, 0.25) is 0 Å². The van der Waals surface area contributed by atoms with E-state index >= 15 is 0 Å². The fraction of sp³-hybridized carbons (Fsp3) is 0. The lowest BCUT2D eigenvalue weighted by Gasteiger charge is -1.94. The largest absolute Gasteiger partial charge is 0.308 e. The van der Waals surface area contributed by atoms with E-state index in [4.69, 9.17) is 5.41 Å². The normalized spacial score (nSPS) is 8.80. The number of aromatic nitrogens is 1. The fourth-order valence-corrected chi connectivity index (χ4v) is 0.723. The van der Waals surface area contributed by atoms with Crippen molar-refractivity contribution in [1.29, 1.82) is 5.41 Å².